The van der Waals surface area contributed by atoms with E-state index < -0.39 is 0 Å². The quantitative estimate of drug-likeness (QED) is 0.854. The second kappa shape index (κ2) is 8.11. The van der Waals surface area contributed by atoms with Crippen LogP contribution in [0.5, 0.6) is 0 Å². The van der Waals surface area contributed by atoms with E-state index >= 15 is 0 Å². The second-order valence-electron chi connectivity index (χ2n) is 5.72. The number of carbonyl (C=O) groups is 1. The maximum atomic E-state index is 12.1. The van der Waals surface area contributed by atoms with Gasteiger partial charge in [-0.15, -0.1) is 0 Å². The van der Waals surface area contributed by atoms with E-state index in [-0.39, 0.29) is 5.91 Å². The molecule has 0 aromatic heterocycles. The summed E-state index contributed by atoms with van der Waals surface area (Å²) in [5.41, 5.74) is 3.74. The summed E-state index contributed by atoms with van der Waals surface area (Å²) in [6.07, 6.45) is 1.03. The summed E-state index contributed by atoms with van der Waals surface area (Å²) in [7, 11) is 2.00. The van der Waals surface area contributed by atoms with Crippen molar-refractivity contribution in [3.8, 4) is 6.07 Å². The predicted octanol–water partition coefficient (Wildman–Crippen LogP) is 1.77. The normalized spacial score (nSPS) is 11.5. The van der Waals surface area contributed by atoms with Crippen LogP contribution in [0.15, 0.2) is 48.5 Å². The van der Waals surface area contributed by atoms with Crippen molar-refractivity contribution in [1.29, 1.82) is 5.26 Å². The van der Waals surface area contributed by atoms with E-state index in [4.69, 9.17) is 5.26 Å². The summed E-state index contributed by atoms with van der Waals surface area (Å²) in [6.45, 7) is 3.32. The van der Waals surface area contributed by atoms with E-state index in [2.05, 4.69) is 42.6 Å². The monoisotopic (exact) mass is 308 g/mol. The minimum absolute atomic E-state index is 0.0530. The highest BCUT2D eigenvalue weighted by molar-refractivity contribution is 5.91. The van der Waals surface area contributed by atoms with E-state index in [1.165, 1.54) is 11.1 Å². The Bertz CT molecular complexity index is 701. The fraction of sp³-hybridized carbons (Fsp3) is 0.263. The first-order valence-corrected chi connectivity index (χ1v) is 7.80. The molecule has 23 heavy (non-hydrogen) atoms. The van der Waals surface area contributed by atoms with Gasteiger partial charge in [-0.3, -0.25) is 4.79 Å². The number of nitrogens with zero attached hydrogens (tertiary/aromatic N) is 1. The van der Waals surface area contributed by atoms with Gasteiger partial charge in [0.1, 0.15) is 6.54 Å². The van der Waals surface area contributed by atoms with Gasteiger partial charge in [-0.05, 0) is 30.2 Å². The van der Waals surface area contributed by atoms with Crippen LogP contribution in [0.1, 0.15) is 23.6 Å². The zero-order chi connectivity index (χ0) is 16.7. The minimum Gasteiger partial charge on any atom is -0.326 e. The average molecular weight is 308 g/mol. The maximum absolute atomic E-state index is 12.1. The summed E-state index contributed by atoms with van der Waals surface area (Å²) in [4.78, 5) is 13.2. The van der Waals surface area contributed by atoms with Crippen LogP contribution in [0.2, 0.25) is 0 Å². The van der Waals surface area contributed by atoms with Crippen LogP contribution in [0.4, 0.5) is 5.69 Å². The standard InChI is InChI=1S/C19H21N3O/c1-3-15-7-9-16(10-8-15)13-22(2)14-19(23)21-18-6-4-5-17(11-18)12-20/h4-11H,3,13-14H2,1-2H3,(H,21,23)/p+1. The van der Waals surface area contributed by atoms with Crippen LogP contribution in [-0.4, -0.2) is 19.5 Å². The number of quaternary nitrogens is 1. The van der Waals surface area contributed by atoms with Crippen LogP contribution >= 0.6 is 0 Å². The van der Waals surface area contributed by atoms with Crippen molar-refractivity contribution in [2.24, 2.45) is 0 Å². The summed E-state index contributed by atoms with van der Waals surface area (Å²) in [5, 5.41) is 11.7. The first-order chi connectivity index (χ1) is 11.1. The number of carbonyl (C=O) groups excluding carboxylic acids is 1. The van der Waals surface area contributed by atoms with Crippen molar-refractivity contribution in [2.45, 2.75) is 19.9 Å². The second-order valence-corrected chi connectivity index (χ2v) is 5.72. The largest absolute Gasteiger partial charge is 0.326 e. The molecule has 1 unspecified atom stereocenters. The highest BCUT2D eigenvalue weighted by Crippen LogP contribution is 2.09. The third-order valence-corrected chi connectivity index (χ3v) is 3.67. The van der Waals surface area contributed by atoms with Gasteiger partial charge in [0.05, 0.1) is 18.7 Å². The Morgan fingerprint density at radius 3 is 2.52 bits per heavy atom. The molecule has 4 heteroatoms. The molecule has 0 fully saturated rings. The SMILES string of the molecule is CCc1ccc(C[NH+](C)CC(=O)Nc2cccc(C#N)c2)cc1. The smallest absolute Gasteiger partial charge is 0.279 e. The van der Waals surface area contributed by atoms with Gasteiger partial charge in [0.2, 0.25) is 0 Å². The lowest BCUT2D eigenvalue weighted by molar-refractivity contribution is -0.885. The highest BCUT2D eigenvalue weighted by Gasteiger charge is 2.11. The minimum atomic E-state index is -0.0530. The molecule has 0 bridgehead atoms. The summed E-state index contributed by atoms with van der Waals surface area (Å²) in [6, 6.07) is 17.5. The van der Waals surface area contributed by atoms with Crippen LogP contribution in [-0.2, 0) is 17.8 Å². The van der Waals surface area contributed by atoms with E-state index in [9.17, 15) is 4.79 Å². The molecule has 1 amide bonds. The molecule has 0 spiro atoms. The molecule has 2 N–H and O–H groups in total. The Kier molecular flexibility index (Phi) is 5.90. The highest BCUT2D eigenvalue weighted by atomic mass is 16.2. The number of anilines is 1. The number of amides is 1. The maximum Gasteiger partial charge on any atom is 0.279 e. The molecule has 0 saturated heterocycles. The molecule has 0 heterocycles. The number of rotatable bonds is 6. The fourth-order valence-electron chi connectivity index (χ4n) is 2.45. The van der Waals surface area contributed by atoms with Crippen molar-refractivity contribution in [3.63, 3.8) is 0 Å². The zero-order valence-corrected chi connectivity index (χ0v) is 13.6. The summed E-state index contributed by atoms with van der Waals surface area (Å²) < 4.78 is 0. The average Bonchev–Trinajstić information content (AvgIpc) is 2.55. The van der Waals surface area contributed by atoms with E-state index in [1.54, 1.807) is 24.3 Å². The lowest BCUT2D eigenvalue weighted by Crippen LogP contribution is -3.08. The third-order valence-electron chi connectivity index (χ3n) is 3.67. The van der Waals surface area contributed by atoms with Gasteiger partial charge in [-0.25, -0.2) is 0 Å². The number of nitrogens with one attached hydrogen (secondary N) is 2. The Labute approximate surface area is 137 Å². The first-order valence-electron chi connectivity index (χ1n) is 7.80. The molecule has 2 rings (SSSR count). The van der Waals surface area contributed by atoms with Gasteiger partial charge in [0.25, 0.3) is 5.91 Å². The molecule has 118 valence electrons. The molecule has 0 radical (unpaired) electrons. The molecule has 2 aromatic carbocycles. The number of hydrogen-bond acceptors (Lipinski definition) is 2. The summed E-state index contributed by atoms with van der Waals surface area (Å²) in [5.74, 6) is -0.0530. The molecular weight excluding hydrogens is 286 g/mol. The number of likely N-dealkylation sites (N-methyl/N-ethyl adjacent to an activating group) is 1. The van der Waals surface area contributed by atoms with E-state index in [0.29, 0.717) is 17.8 Å². The predicted molar refractivity (Wildman–Crippen MR) is 91.1 cm³/mol. The fourth-order valence-corrected chi connectivity index (χ4v) is 2.45. The lowest BCUT2D eigenvalue weighted by atomic mass is 10.1. The van der Waals surface area contributed by atoms with Gasteiger partial charge in [0, 0.05) is 11.3 Å². The number of benzene rings is 2. The number of nitriles is 1. The molecule has 2 aromatic rings. The molecule has 0 saturated carbocycles. The number of hydrogen-bond donors (Lipinski definition) is 2. The molecule has 1 atom stereocenters. The van der Waals surface area contributed by atoms with Crippen molar-refractivity contribution in [3.05, 3.63) is 65.2 Å². The molecule has 4 nitrogen and oxygen atoms in total. The Morgan fingerprint density at radius 2 is 1.87 bits per heavy atom. The van der Waals surface area contributed by atoms with E-state index in [0.717, 1.165) is 17.9 Å². The first kappa shape index (κ1) is 16.7. The van der Waals surface area contributed by atoms with Crippen molar-refractivity contribution in [2.75, 3.05) is 18.9 Å². The van der Waals surface area contributed by atoms with Crippen LogP contribution in [0.3, 0.4) is 0 Å². The van der Waals surface area contributed by atoms with Crippen molar-refractivity contribution >= 4 is 11.6 Å². The van der Waals surface area contributed by atoms with Gasteiger partial charge >= 0.3 is 0 Å². The number of aryl methyl sites for hydroxylation is 1. The van der Waals surface area contributed by atoms with Gasteiger partial charge in [-0.2, -0.15) is 5.26 Å². The van der Waals surface area contributed by atoms with Gasteiger partial charge in [0.15, 0.2) is 6.54 Å². The topological polar surface area (TPSA) is 57.3 Å². The van der Waals surface area contributed by atoms with Crippen LogP contribution in [0, 0.1) is 11.3 Å². The Balaban J connectivity index is 1.87. The van der Waals surface area contributed by atoms with Gasteiger partial charge in [-0.1, -0.05) is 37.3 Å². The van der Waals surface area contributed by atoms with Crippen LogP contribution in [0.25, 0.3) is 0 Å². The summed E-state index contributed by atoms with van der Waals surface area (Å²) >= 11 is 0. The van der Waals surface area contributed by atoms with Crippen molar-refractivity contribution in [1.82, 2.24) is 0 Å². The molecular formula is C19H22N3O+. The van der Waals surface area contributed by atoms with Crippen molar-refractivity contribution < 1.29 is 9.69 Å². The Morgan fingerprint density at radius 1 is 1.17 bits per heavy atom. The molecule has 0 aliphatic rings. The lowest BCUT2D eigenvalue weighted by Gasteiger charge is -2.14. The molecule has 0 aliphatic heterocycles. The Hall–Kier alpha value is -2.64. The van der Waals surface area contributed by atoms with Gasteiger partial charge < -0.3 is 10.2 Å². The zero-order valence-electron chi connectivity index (χ0n) is 13.6. The molecule has 0 aliphatic carbocycles. The van der Waals surface area contributed by atoms with Crippen LogP contribution < -0.4 is 10.2 Å². The third kappa shape index (κ3) is 5.24. The van der Waals surface area contributed by atoms with E-state index in [1.807, 2.05) is 7.05 Å².